The van der Waals surface area contributed by atoms with E-state index in [2.05, 4.69) is 22.2 Å². The molecular formula is C12H18ClN3O2. The first-order valence-corrected chi connectivity index (χ1v) is 6.56. The molecule has 0 aromatic carbocycles. The van der Waals surface area contributed by atoms with Crippen molar-refractivity contribution in [3.8, 4) is 0 Å². The molecule has 0 aliphatic carbocycles. The summed E-state index contributed by atoms with van der Waals surface area (Å²) in [4.78, 5) is 28.9. The SMILES string of the molecule is CCCCCCCC(=O)Nc1nc(Cl)cc(=O)[nH]1. The molecule has 2 N–H and O–H groups in total. The zero-order chi connectivity index (χ0) is 13.4. The predicted molar refractivity (Wildman–Crippen MR) is 71.9 cm³/mol. The van der Waals surface area contributed by atoms with Gasteiger partial charge in [0.25, 0.3) is 5.56 Å². The van der Waals surface area contributed by atoms with Crippen LogP contribution >= 0.6 is 11.6 Å². The van der Waals surface area contributed by atoms with Crippen LogP contribution in [0.5, 0.6) is 0 Å². The quantitative estimate of drug-likeness (QED) is 0.591. The van der Waals surface area contributed by atoms with Gasteiger partial charge >= 0.3 is 0 Å². The van der Waals surface area contributed by atoms with E-state index >= 15 is 0 Å². The normalized spacial score (nSPS) is 10.3. The third-order valence-corrected chi connectivity index (χ3v) is 2.67. The number of nitrogens with zero attached hydrogens (tertiary/aromatic N) is 1. The van der Waals surface area contributed by atoms with Crippen LogP contribution in [0.25, 0.3) is 0 Å². The number of amides is 1. The van der Waals surface area contributed by atoms with Crippen LogP contribution in [0, 0.1) is 0 Å². The highest BCUT2D eigenvalue weighted by Crippen LogP contribution is 2.07. The summed E-state index contributed by atoms with van der Waals surface area (Å²) in [6.07, 6.45) is 5.85. The minimum absolute atomic E-state index is 0.0667. The largest absolute Gasteiger partial charge is 0.296 e. The second-order valence-corrected chi connectivity index (χ2v) is 4.52. The minimum atomic E-state index is -0.381. The van der Waals surface area contributed by atoms with Crippen LogP contribution in [0.1, 0.15) is 45.4 Å². The third kappa shape index (κ3) is 5.82. The Morgan fingerprint density at radius 3 is 2.78 bits per heavy atom. The summed E-state index contributed by atoms with van der Waals surface area (Å²) in [5.74, 6) is -0.0528. The predicted octanol–water partition coefficient (Wildman–Crippen LogP) is 2.72. The van der Waals surface area contributed by atoms with E-state index < -0.39 is 0 Å². The summed E-state index contributed by atoms with van der Waals surface area (Å²) >= 11 is 5.61. The monoisotopic (exact) mass is 271 g/mol. The zero-order valence-corrected chi connectivity index (χ0v) is 11.2. The number of hydrogen-bond acceptors (Lipinski definition) is 3. The van der Waals surface area contributed by atoms with Crippen LogP contribution in [-0.2, 0) is 4.79 Å². The highest BCUT2D eigenvalue weighted by molar-refractivity contribution is 6.29. The van der Waals surface area contributed by atoms with Crippen molar-refractivity contribution < 1.29 is 4.79 Å². The van der Waals surface area contributed by atoms with Crippen molar-refractivity contribution in [1.29, 1.82) is 0 Å². The van der Waals surface area contributed by atoms with Gasteiger partial charge in [0.05, 0.1) is 0 Å². The van der Waals surface area contributed by atoms with Gasteiger partial charge in [-0.25, -0.2) is 4.98 Å². The van der Waals surface area contributed by atoms with Gasteiger partial charge in [-0.3, -0.25) is 19.9 Å². The van der Waals surface area contributed by atoms with Crippen molar-refractivity contribution in [3.05, 3.63) is 21.6 Å². The Balaban J connectivity index is 2.33. The van der Waals surface area contributed by atoms with E-state index in [1.165, 1.54) is 12.8 Å². The molecule has 1 rings (SSSR count). The molecule has 1 amide bonds. The highest BCUT2D eigenvalue weighted by Gasteiger charge is 2.05. The van der Waals surface area contributed by atoms with Crippen LogP contribution in [0.3, 0.4) is 0 Å². The first kappa shape index (κ1) is 14.7. The number of hydrogen-bond donors (Lipinski definition) is 2. The lowest BCUT2D eigenvalue weighted by atomic mass is 10.1. The first-order valence-electron chi connectivity index (χ1n) is 6.18. The lowest BCUT2D eigenvalue weighted by Crippen LogP contribution is -2.17. The fourth-order valence-corrected chi connectivity index (χ4v) is 1.75. The number of rotatable bonds is 7. The van der Waals surface area contributed by atoms with E-state index in [9.17, 15) is 9.59 Å². The van der Waals surface area contributed by atoms with E-state index in [-0.39, 0.29) is 22.6 Å². The van der Waals surface area contributed by atoms with Gasteiger partial charge in [0.1, 0.15) is 5.15 Å². The number of aromatic amines is 1. The smallest absolute Gasteiger partial charge is 0.253 e. The molecule has 0 bridgehead atoms. The molecule has 18 heavy (non-hydrogen) atoms. The van der Waals surface area contributed by atoms with Gasteiger partial charge in [0.15, 0.2) is 0 Å². The highest BCUT2D eigenvalue weighted by atomic mass is 35.5. The average molecular weight is 272 g/mol. The Morgan fingerprint density at radius 1 is 1.39 bits per heavy atom. The number of H-pyrrole nitrogens is 1. The number of nitrogens with one attached hydrogen (secondary N) is 2. The van der Waals surface area contributed by atoms with Gasteiger partial charge in [-0.1, -0.05) is 44.2 Å². The van der Waals surface area contributed by atoms with Crippen molar-refractivity contribution in [2.75, 3.05) is 5.32 Å². The summed E-state index contributed by atoms with van der Waals surface area (Å²) in [6.45, 7) is 2.15. The lowest BCUT2D eigenvalue weighted by Gasteiger charge is -2.04. The molecule has 0 radical (unpaired) electrons. The molecule has 100 valence electrons. The average Bonchev–Trinajstić information content (AvgIpc) is 2.27. The Morgan fingerprint density at radius 2 is 2.11 bits per heavy atom. The molecule has 0 fully saturated rings. The molecule has 0 aliphatic rings. The minimum Gasteiger partial charge on any atom is -0.296 e. The maximum atomic E-state index is 11.6. The van der Waals surface area contributed by atoms with Crippen LogP contribution in [0.2, 0.25) is 5.15 Å². The standard InChI is InChI=1S/C12H18ClN3O2/c1-2-3-4-5-6-7-10(17)15-12-14-9(13)8-11(18)16-12/h8H,2-7H2,1H3,(H2,14,15,16,17,18). The summed E-state index contributed by atoms with van der Waals surface area (Å²) in [5, 5.41) is 2.59. The summed E-state index contributed by atoms with van der Waals surface area (Å²) in [6, 6.07) is 1.15. The van der Waals surface area contributed by atoms with Crippen molar-refractivity contribution in [3.63, 3.8) is 0 Å². The summed E-state index contributed by atoms with van der Waals surface area (Å²) in [5.41, 5.74) is -0.381. The second-order valence-electron chi connectivity index (χ2n) is 4.13. The zero-order valence-electron chi connectivity index (χ0n) is 10.5. The van der Waals surface area contributed by atoms with E-state index in [4.69, 9.17) is 11.6 Å². The number of carbonyl (C=O) groups excluding carboxylic acids is 1. The Bertz CT molecular complexity index is 445. The maximum Gasteiger partial charge on any atom is 0.253 e. The Hall–Kier alpha value is -1.36. The van der Waals surface area contributed by atoms with Crippen molar-refractivity contribution in [2.45, 2.75) is 45.4 Å². The molecule has 0 spiro atoms. The van der Waals surface area contributed by atoms with E-state index in [0.29, 0.717) is 6.42 Å². The molecule has 0 saturated carbocycles. The fraction of sp³-hybridized carbons (Fsp3) is 0.583. The number of anilines is 1. The molecule has 1 aromatic rings. The molecule has 0 atom stereocenters. The molecule has 1 heterocycles. The van der Waals surface area contributed by atoms with Gasteiger partial charge < -0.3 is 0 Å². The van der Waals surface area contributed by atoms with Crippen molar-refractivity contribution in [2.24, 2.45) is 0 Å². The molecule has 5 nitrogen and oxygen atoms in total. The van der Waals surface area contributed by atoms with Gasteiger partial charge in [-0.15, -0.1) is 0 Å². The van der Waals surface area contributed by atoms with Crippen LogP contribution in [0.15, 0.2) is 10.9 Å². The molecule has 0 unspecified atom stereocenters. The Labute approximate surface area is 111 Å². The van der Waals surface area contributed by atoms with Gasteiger partial charge in [-0.05, 0) is 6.42 Å². The molecule has 0 saturated heterocycles. The topological polar surface area (TPSA) is 74.8 Å². The molecule has 0 aliphatic heterocycles. The van der Waals surface area contributed by atoms with Gasteiger partial charge in [0, 0.05) is 12.5 Å². The molecular weight excluding hydrogens is 254 g/mol. The second kappa shape index (κ2) is 7.87. The molecule has 6 heteroatoms. The lowest BCUT2D eigenvalue weighted by molar-refractivity contribution is -0.116. The molecule has 1 aromatic heterocycles. The summed E-state index contributed by atoms with van der Waals surface area (Å²) in [7, 11) is 0. The van der Waals surface area contributed by atoms with Crippen molar-refractivity contribution >= 4 is 23.5 Å². The number of aromatic nitrogens is 2. The Kier molecular flexibility index (Phi) is 6.43. The third-order valence-electron chi connectivity index (χ3n) is 2.48. The fourth-order valence-electron chi connectivity index (χ4n) is 1.57. The van der Waals surface area contributed by atoms with Crippen LogP contribution in [0.4, 0.5) is 5.95 Å². The number of halogens is 1. The van der Waals surface area contributed by atoms with Gasteiger partial charge in [0.2, 0.25) is 11.9 Å². The van der Waals surface area contributed by atoms with E-state index in [1.54, 1.807) is 0 Å². The van der Waals surface area contributed by atoms with E-state index in [1.807, 2.05) is 0 Å². The number of carbonyl (C=O) groups is 1. The van der Waals surface area contributed by atoms with Crippen LogP contribution < -0.4 is 10.9 Å². The van der Waals surface area contributed by atoms with Gasteiger partial charge in [-0.2, -0.15) is 0 Å². The number of unbranched alkanes of at least 4 members (excludes halogenated alkanes) is 4. The maximum absolute atomic E-state index is 11.6. The summed E-state index contributed by atoms with van der Waals surface area (Å²) < 4.78 is 0. The first-order chi connectivity index (χ1) is 8.61. The van der Waals surface area contributed by atoms with Crippen molar-refractivity contribution in [1.82, 2.24) is 9.97 Å². The van der Waals surface area contributed by atoms with Crippen LogP contribution in [-0.4, -0.2) is 15.9 Å². The van der Waals surface area contributed by atoms with E-state index in [0.717, 1.165) is 25.3 Å².